The Morgan fingerprint density at radius 1 is 1.33 bits per heavy atom. The average Bonchev–Trinajstić information content (AvgIpc) is 2.69. The highest BCUT2D eigenvalue weighted by Gasteiger charge is 2.39. The molecule has 3 nitrogen and oxygen atoms in total. The van der Waals surface area contributed by atoms with E-state index in [1.54, 1.807) is 18.4 Å². The number of ether oxygens (including phenoxy) is 1. The minimum absolute atomic E-state index is 0.342. The SMILES string of the molecule is COC1(C(O)Cc2nc(C)c(C)s2)CCCCC1. The molecule has 4 heteroatoms. The summed E-state index contributed by atoms with van der Waals surface area (Å²) < 4.78 is 5.68. The van der Waals surface area contributed by atoms with Crippen molar-refractivity contribution in [2.24, 2.45) is 0 Å². The van der Waals surface area contributed by atoms with Crippen molar-refractivity contribution in [1.29, 1.82) is 0 Å². The van der Waals surface area contributed by atoms with Crippen LogP contribution in [0.3, 0.4) is 0 Å². The van der Waals surface area contributed by atoms with Crippen molar-refractivity contribution in [3.8, 4) is 0 Å². The van der Waals surface area contributed by atoms with Crippen molar-refractivity contribution in [1.82, 2.24) is 4.98 Å². The van der Waals surface area contributed by atoms with E-state index in [2.05, 4.69) is 11.9 Å². The summed E-state index contributed by atoms with van der Waals surface area (Å²) in [5.41, 5.74) is 0.739. The first-order chi connectivity index (χ1) is 8.57. The lowest BCUT2D eigenvalue weighted by Crippen LogP contribution is -2.46. The maximum absolute atomic E-state index is 10.5. The van der Waals surface area contributed by atoms with E-state index in [0.29, 0.717) is 6.42 Å². The summed E-state index contributed by atoms with van der Waals surface area (Å²) in [6.07, 6.45) is 5.68. The van der Waals surface area contributed by atoms with Crippen LogP contribution >= 0.6 is 11.3 Å². The van der Waals surface area contributed by atoms with Crippen molar-refractivity contribution >= 4 is 11.3 Å². The second-order valence-electron chi connectivity index (χ2n) is 5.30. The van der Waals surface area contributed by atoms with Crippen LogP contribution in [0.15, 0.2) is 0 Å². The molecule has 18 heavy (non-hydrogen) atoms. The molecular weight excluding hydrogens is 246 g/mol. The average molecular weight is 269 g/mol. The molecule has 1 aromatic heterocycles. The molecule has 0 spiro atoms. The number of aliphatic hydroxyl groups excluding tert-OH is 1. The maximum atomic E-state index is 10.5. The summed E-state index contributed by atoms with van der Waals surface area (Å²) in [6.45, 7) is 4.10. The van der Waals surface area contributed by atoms with Crippen LogP contribution in [0, 0.1) is 13.8 Å². The van der Waals surface area contributed by atoms with Gasteiger partial charge in [-0.15, -0.1) is 11.3 Å². The first-order valence-corrected chi connectivity index (χ1v) is 7.55. The van der Waals surface area contributed by atoms with Crippen LogP contribution in [0.2, 0.25) is 0 Å². The molecule has 0 bridgehead atoms. The van der Waals surface area contributed by atoms with E-state index < -0.39 is 6.10 Å². The zero-order valence-corrected chi connectivity index (χ0v) is 12.3. The van der Waals surface area contributed by atoms with Crippen LogP contribution in [0.4, 0.5) is 0 Å². The molecular formula is C14H23NO2S. The molecule has 1 aromatic rings. The summed E-state index contributed by atoms with van der Waals surface area (Å²) in [5, 5.41) is 11.5. The van der Waals surface area contributed by atoms with Gasteiger partial charge in [0.25, 0.3) is 0 Å². The van der Waals surface area contributed by atoms with Gasteiger partial charge in [-0.2, -0.15) is 0 Å². The Kier molecular flexibility index (Phi) is 4.41. The van der Waals surface area contributed by atoms with E-state index in [1.165, 1.54) is 11.3 Å². The van der Waals surface area contributed by atoms with Crippen LogP contribution < -0.4 is 0 Å². The molecule has 0 aliphatic heterocycles. The number of rotatable bonds is 4. The van der Waals surface area contributed by atoms with Crippen molar-refractivity contribution in [2.45, 2.75) is 64.1 Å². The van der Waals surface area contributed by atoms with E-state index in [-0.39, 0.29) is 5.60 Å². The van der Waals surface area contributed by atoms with Gasteiger partial charge in [-0.25, -0.2) is 4.98 Å². The maximum Gasteiger partial charge on any atom is 0.0957 e. The van der Waals surface area contributed by atoms with E-state index in [4.69, 9.17) is 4.74 Å². The molecule has 102 valence electrons. The molecule has 1 heterocycles. The molecule has 0 aromatic carbocycles. The third-order valence-corrected chi connectivity index (χ3v) is 5.25. The topological polar surface area (TPSA) is 42.4 Å². The third kappa shape index (κ3) is 2.76. The molecule has 0 saturated heterocycles. The summed E-state index contributed by atoms with van der Waals surface area (Å²) in [7, 11) is 1.73. The fraction of sp³-hybridized carbons (Fsp3) is 0.786. The highest BCUT2D eigenvalue weighted by molar-refractivity contribution is 7.11. The second-order valence-corrected chi connectivity index (χ2v) is 6.59. The smallest absolute Gasteiger partial charge is 0.0957 e. The number of thiazole rings is 1. The van der Waals surface area contributed by atoms with Gasteiger partial charge in [0.05, 0.1) is 22.4 Å². The van der Waals surface area contributed by atoms with Crippen molar-refractivity contribution < 1.29 is 9.84 Å². The second kappa shape index (κ2) is 5.68. The fourth-order valence-corrected chi connectivity index (χ4v) is 3.77. The van der Waals surface area contributed by atoms with Crippen LogP contribution in [-0.4, -0.2) is 28.9 Å². The third-order valence-electron chi connectivity index (χ3n) is 4.15. The largest absolute Gasteiger partial charge is 0.390 e. The monoisotopic (exact) mass is 269 g/mol. The van der Waals surface area contributed by atoms with Gasteiger partial charge in [-0.05, 0) is 26.7 Å². The number of methoxy groups -OCH3 is 1. The zero-order chi connectivity index (χ0) is 13.2. The molecule has 1 unspecified atom stereocenters. The molecule has 1 saturated carbocycles. The summed E-state index contributed by atoms with van der Waals surface area (Å²) in [4.78, 5) is 5.76. The van der Waals surface area contributed by atoms with Crippen molar-refractivity contribution in [2.75, 3.05) is 7.11 Å². The minimum atomic E-state index is -0.437. The molecule has 0 radical (unpaired) electrons. The molecule has 1 aliphatic rings. The van der Waals surface area contributed by atoms with Crippen molar-refractivity contribution in [3.05, 3.63) is 15.6 Å². The zero-order valence-electron chi connectivity index (χ0n) is 11.5. The quantitative estimate of drug-likeness (QED) is 0.913. The van der Waals surface area contributed by atoms with E-state index in [9.17, 15) is 5.11 Å². The highest BCUT2D eigenvalue weighted by Crippen LogP contribution is 2.35. The lowest BCUT2D eigenvalue weighted by Gasteiger charge is -2.39. The van der Waals surface area contributed by atoms with E-state index >= 15 is 0 Å². The van der Waals surface area contributed by atoms with Gasteiger partial charge in [0.15, 0.2) is 0 Å². The first-order valence-electron chi connectivity index (χ1n) is 6.73. The Labute approximate surface area is 113 Å². The van der Waals surface area contributed by atoms with E-state index in [1.807, 2.05) is 6.92 Å². The summed E-state index contributed by atoms with van der Waals surface area (Å²) in [5.74, 6) is 0. The lowest BCUT2D eigenvalue weighted by molar-refractivity contribution is -0.122. The first kappa shape index (κ1) is 14.0. The molecule has 1 fully saturated rings. The Bertz CT molecular complexity index is 377. The predicted molar refractivity (Wildman–Crippen MR) is 74.1 cm³/mol. The van der Waals surface area contributed by atoms with Gasteiger partial charge < -0.3 is 9.84 Å². The number of nitrogens with zero attached hydrogens (tertiary/aromatic N) is 1. The van der Waals surface area contributed by atoms with Gasteiger partial charge in [0, 0.05) is 18.4 Å². The molecule has 1 aliphatic carbocycles. The summed E-state index contributed by atoms with van der Waals surface area (Å²) >= 11 is 1.69. The normalized spacial score (nSPS) is 20.9. The van der Waals surface area contributed by atoms with Crippen LogP contribution in [0.5, 0.6) is 0 Å². The standard InChI is InChI=1S/C14H23NO2S/c1-10-11(2)18-13(15-10)9-12(16)14(17-3)7-5-4-6-8-14/h12,16H,4-9H2,1-3H3. The molecule has 2 rings (SSSR count). The van der Waals surface area contributed by atoms with Crippen LogP contribution in [-0.2, 0) is 11.2 Å². The van der Waals surface area contributed by atoms with Gasteiger partial charge >= 0.3 is 0 Å². The summed E-state index contributed by atoms with van der Waals surface area (Å²) in [6, 6.07) is 0. The minimum Gasteiger partial charge on any atom is -0.390 e. The number of hydrogen-bond acceptors (Lipinski definition) is 4. The Hall–Kier alpha value is -0.450. The lowest BCUT2D eigenvalue weighted by atomic mass is 9.79. The van der Waals surface area contributed by atoms with Gasteiger partial charge in [-0.1, -0.05) is 19.3 Å². The predicted octanol–water partition coefficient (Wildman–Crippen LogP) is 3.01. The van der Waals surface area contributed by atoms with Gasteiger partial charge in [0.2, 0.25) is 0 Å². The number of aliphatic hydroxyl groups is 1. The van der Waals surface area contributed by atoms with Crippen molar-refractivity contribution in [3.63, 3.8) is 0 Å². The number of hydrogen-bond donors (Lipinski definition) is 1. The van der Waals surface area contributed by atoms with Crippen LogP contribution in [0.25, 0.3) is 0 Å². The Balaban J connectivity index is 2.07. The number of aromatic nitrogens is 1. The van der Waals surface area contributed by atoms with Crippen LogP contribution in [0.1, 0.15) is 47.7 Å². The Morgan fingerprint density at radius 3 is 2.50 bits per heavy atom. The number of aryl methyl sites for hydroxylation is 2. The highest BCUT2D eigenvalue weighted by atomic mass is 32.1. The molecule has 1 atom stereocenters. The molecule has 0 amide bonds. The van der Waals surface area contributed by atoms with Gasteiger partial charge in [0.1, 0.15) is 0 Å². The Morgan fingerprint density at radius 2 is 2.00 bits per heavy atom. The molecule has 1 N–H and O–H groups in total. The van der Waals surface area contributed by atoms with Gasteiger partial charge in [-0.3, -0.25) is 0 Å². The fourth-order valence-electron chi connectivity index (χ4n) is 2.80. The van der Waals surface area contributed by atoms with E-state index in [0.717, 1.165) is 36.4 Å².